The minimum Gasteiger partial charge on any atom is -0.345 e. The van der Waals surface area contributed by atoms with Crippen molar-refractivity contribution in [1.29, 1.82) is 0 Å². The maximum absolute atomic E-state index is 11.7. The molecule has 1 saturated carbocycles. The topological polar surface area (TPSA) is 33.5 Å². The molecule has 1 aliphatic rings. The van der Waals surface area contributed by atoms with Gasteiger partial charge in [0.05, 0.1) is 0 Å². The lowest BCUT2D eigenvalue weighted by molar-refractivity contribution is -0.174. The van der Waals surface area contributed by atoms with Crippen molar-refractivity contribution in [3.8, 4) is 0 Å². The Hall–Kier alpha value is -1.25. The van der Waals surface area contributed by atoms with E-state index in [-0.39, 0.29) is 6.04 Å². The molecule has 0 bridgehead atoms. The Labute approximate surface area is 72.7 Å². The SMILES string of the molecule is [C-]#[N+]C1CC(NC(=O)C(F)(F)F)C1. The van der Waals surface area contributed by atoms with Crippen LogP contribution in [0.15, 0.2) is 0 Å². The number of nitrogens with zero attached hydrogens (tertiary/aromatic N) is 1. The zero-order chi connectivity index (χ0) is 10.1. The molecule has 3 nitrogen and oxygen atoms in total. The van der Waals surface area contributed by atoms with Gasteiger partial charge in [0, 0.05) is 18.9 Å². The van der Waals surface area contributed by atoms with Crippen LogP contribution in [0.2, 0.25) is 0 Å². The molecule has 6 heteroatoms. The fraction of sp³-hybridized carbons (Fsp3) is 0.714. The van der Waals surface area contributed by atoms with Crippen molar-refractivity contribution in [1.82, 2.24) is 5.32 Å². The van der Waals surface area contributed by atoms with Crippen molar-refractivity contribution in [3.63, 3.8) is 0 Å². The van der Waals surface area contributed by atoms with E-state index in [1.807, 2.05) is 5.32 Å². The molecule has 1 amide bonds. The maximum Gasteiger partial charge on any atom is 0.471 e. The van der Waals surface area contributed by atoms with Gasteiger partial charge in [0.1, 0.15) is 0 Å². The number of alkyl halides is 3. The average molecular weight is 192 g/mol. The zero-order valence-electron chi connectivity index (χ0n) is 6.56. The third-order valence-corrected chi connectivity index (χ3v) is 1.89. The van der Waals surface area contributed by atoms with Crippen LogP contribution in [0, 0.1) is 6.57 Å². The summed E-state index contributed by atoms with van der Waals surface area (Å²) in [5.41, 5.74) is 0. The number of carbonyl (C=O) groups excluding carboxylic acids is 1. The number of hydrogen-bond donors (Lipinski definition) is 1. The Morgan fingerprint density at radius 2 is 2.00 bits per heavy atom. The molecule has 0 aliphatic heterocycles. The van der Waals surface area contributed by atoms with E-state index in [1.165, 1.54) is 0 Å². The quantitative estimate of drug-likeness (QED) is 0.620. The van der Waals surface area contributed by atoms with Gasteiger partial charge in [-0.25, -0.2) is 6.57 Å². The summed E-state index contributed by atoms with van der Waals surface area (Å²) in [6.45, 7) is 6.55. The summed E-state index contributed by atoms with van der Waals surface area (Å²) in [6.07, 6.45) is -4.17. The predicted octanol–water partition coefficient (Wildman–Crippen LogP) is 1.12. The van der Waals surface area contributed by atoms with E-state index in [9.17, 15) is 18.0 Å². The smallest absolute Gasteiger partial charge is 0.345 e. The fourth-order valence-electron chi connectivity index (χ4n) is 1.08. The molecule has 0 atom stereocenters. The van der Waals surface area contributed by atoms with Gasteiger partial charge < -0.3 is 10.2 Å². The average Bonchev–Trinajstić information content (AvgIpc) is 1.93. The number of hydrogen-bond acceptors (Lipinski definition) is 1. The lowest BCUT2D eigenvalue weighted by atomic mass is 9.87. The molecule has 13 heavy (non-hydrogen) atoms. The summed E-state index contributed by atoms with van der Waals surface area (Å²) in [5, 5.41) is 1.81. The van der Waals surface area contributed by atoms with Gasteiger partial charge in [-0.2, -0.15) is 13.2 Å². The van der Waals surface area contributed by atoms with Crippen LogP contribution in [0.25, 0.3) is 4.85 Å². The molecule has 0 aromatic rings. The Bertz CT molecular complexity index is 249. The second-order valence-corrected chi connectivity index (χ2v) is 2.92. The predicted molar refractivity (Wildman–Crippen MR) is 37.6 cm³/mol. The Morgan fingerprint density at radius 3 is 2.38 bits per heavy atom. The third-order valence-electron chi connectivity index (χ3n) is 1.89. The Kier molecular flexibility index (Phi) is 2.45. The van der Waals surface area contributed by atoms with E-state index in [0.717, 1.165) is 0 Å². The van der Waals surface area contributed by atoms with E-state index in [1.54, 1.807) is 0 Å². The third kappa shape index (κ3) is 2.34. The summed E-state index contributed by atoms with van der Waals surface area (Å²) >= 11 is 0. The molecule has 0 heterocycles. The molecule has 1 rings (SSSR count). The van der Waals surface area contributed by atoms with Crippen LogP contribution in [0.1, 0.15) is 12.8 Å². The van der Waals surface area contributed by atoms with Crippen LogP contribution in [0.3, 0.4) is 0 Å². The van der Waals surface area contributed by atoms with E-state index in [4.69, 9.17) is 6.57 Å². The van der Waals surface area contributed by atoms with Gasteiger partial charge in [-0.1, -0.05) is 0 Å². The number of nitrogens with one attached hydrogen (secondary N) is 1. The molecule has 1 aliphatic carbocycles. The van der Waals surface area contributed by atoms with Crippen molar-refractivity contribution in [2.75, 3.05) is 0 Å². The van der Waals surface area contributed by atoms with Crippen LogP contribution in [0.4, 0.5) is 13.2 Å². The molecule has 0 spiro atoms. The lowest BCUT2D eigenvalue weighted by Gasteiger charge is -2.27. The normalized spacial score (nSPS) is 27.2. The van der Waals surface area contributed by atoms with Crippen molar-refractivity contribution in [2.24, 2.45) is 0 Å². The van der Waals surface area contributed by atoms with Gasteiger partial charge in [-0.05, 0) is 0 Å². The highest BCUT2D eigenvalue weighted by Gasteiger charge is 2.43. The summed E-state index contributed by atoms with van der Waals surface area (Å²) in [6, 6.07) is -0.702. The lowest BCUT2D eigenvalue weighted by Crippen LogP contribution is -2.50. The number of halogens is 3. The first-order chi connectivity index (χ1) is 5.93. The molecule has 0 aromatic carbocycles. The van der Waals surface area contributed by atoms with E-state index in [2.05, 4.69) is 4.85 Å². The Balaban J connectivity index is 2.30. The highest BCUT2D eigenvalue weighted by atomic mass is 19.4. The number of amides is 1. The van der Waals surface area contributed by atoms with Crippen LogP contribution < -0.4 is 5.32 Å². The molecule has 1 N–H and O–H groups in total. The first-order valence-electron chi connectivity index (χ1n) is 3.67. The second-order valence-electron chi connectivity index (χ2n) is 2.92. The highest BCUT2D eigenvalue weighted by molar-refractivity contribution is 5.82. The van der Waals surface area contributed by atoms with Gasteiger partial charge >= 0.3 is 12.1 Å². The summed E-state index contributed by atoms with van der Waals surface area (Å²) < 4.78 is 35.0. The Morgan fingerprint density at radius 1 is 1.46 bits per heavy atom. The van der Waals surface area contributed by atoms with Crippen molar-refractivity contribution < 1.29 is 18.0 Å². The molecular weight excluding hydrogens is 185 g/mol. The van der Waals surface area contributed by atoms with Crippen LogP contribution >= 0.6 is 0 Å². The molecule has 72 valence electrons. The minimum absolute atomic E-state index is 0.224. The molecular formula is C7H7F3N2O. The summed E-state index contributed by atoms with van der Waals surface area (Å²) in [5.74, 6) is -1.92. The first-order valence-corrected chi connectivity index (χ1v) is 3.67. The monoisotopic (exact) mass is 192 g/mol. The standard InChI is InChI=1S/C7H7F3N2O/c1-11-4-2-5(3-4)12-6(13)7(8,9)10/h4-5H,2-3H2,(H,12,13). The molecule has 0 saturated heterocycles. The number of rotatable bonds is 1. The van der Waals surface area contributed by atoms with Crippen molar-refractivity contribution in [3.05, 3.63) is 11.4 Å². The largest absolute Gasteiger partial charge is 0.471 e. The van der Waals surface area contributed by atoms with Crippen molar-refractivity contribution in [2.45, 2.75) is 31.1 Å². The highest BCUT2D eigenvalue weighted by Crippen LogP contribution is 2.24. The molecule has 1 fully saturated rings. The van der Waals surface area contributed by atoms with Crippen molar-refractivity contribution >= 4 is 5.91 Å². The fourth-order valence-corrected chi connectivity index (χ4v) is 1.08. The van der Waals surface area contributed by atoms with Gasteiger partial charge in [0.2, 0.25) is 6.04 Å². The maximum atomic E-state index is 11.7. The summed E-state index contributed by atoms with van der Waals surface area (Å²) in [4.78, 5) is 13.5. The molecule has 0 aromatic heterocycles. The van der Waals surface area contributed by atoms with Gasteiger partial charge in [0.15, 0.2) is 0 Å². The van der Waals surface area contributed by atoms with Gasteiger partial charge in [-0.3, -0.25) is 4.79 Å². The summed E-state index contributed by atoms with van der Waals surface area (Å²) in [7, 11) is 0. The van der Waals surface area contributed by atoms with Gasteiger partial charge in [-0.15, -0.1) is 0 Å². The first kappa shape index (κ1) is 9.84. The molecule has 0 unspecified atom stereocenters. The van der Waals surface area contributed by atoms with E-state index >= 15 is 0 Å². The van der Waals surface area contributed by atoms with Crippen LogP contribution in [0.5, 0.6) is 0 Å². The van der Waals surface area contributed by atoms with Crippen LogP contribution in [-0.2, 0) is 4.79 Å². The zero-order valence-corrected chi connectivity index (χ0v) is 6.56. The van der Waals surface area contributed by atoms with E-state index in [0.29, 0.717) is 12.8 Å². The minimum atomic E-state index is -4.82. The van der Waals surface area contributed by atoms with Gasteiger partial charge in [0.25, 0.3) is 0 Å². The number of carbonyl (C=O) groups is 1. The van der Waals surface area contributed by atoms with Crippen LogP contribution in [-0.4, -0.2) is 24.2 Å². The second kappa shape index (κ2) is 3.24. The van der Waals surface area contributed by atoms with E-state index < -0.39 is 18.1 Å². The molecule has 0 radical (unpaired) electrons.